The van der Waals surface area contributed by atoms with Crippen LogP contribution in [0.4, 0.5) is 0 Å². The lowest BCUT2D eigenvalue weighted by Gasteiger charge is -2.28. The van der Waals surface area contributed by atoms with E-state index >= 15 is 0 Å². The Morgan fingerprint density at radius 1 is 0.529 bits per heavy atom. The second-order valence-corrected chi connectivity index (χ2v) is 9.69. The predicted molar refractivity (Wildman–Crippen MR) is 132 cm³/mol. The Balaban J connectivity index is 1.23. The zero-order valence-electron chi connectivity index (χ0n) is 17.4. The maximum atomic E-state index is 5.85. The smallest absolute Gasteiger partial charge is 0.560 e. The molecule has 34 heavy (non-hydrogen) atoms. The number of thiophene rings is 3. The molecule has 0 atom stereocenters. The molecule has 6 heterocycles. The molecule has 0 saturated carbocycles. The van der Waals surface area contributed by atoms with Crippen molar-refractivity contribution in [1.29, 1.82) is 0 Å². The summed E-state index contributed by atoms with van der Waals surface area (Å²) in [4.78, 5) is 6.98. The Morgan fingerprint density at radius 2 is 0.882 bits per heavy atom. The van der Waals surface area contributed by atoms with E-state index in [0.717, 1.165) is 31.7 Å². The van der Waals surface area contributed by atoms with E-state index in [1.54, 1.807) is 52.6 Å². The fourth-order valence-corrected chi connectivity index (χ4v) is 5.16. The van der Waals surface area contributed by atoms with E-state index in [1.807, 2.05) is 70.7 Å². The first-order valence-corrected chi connectivity index (χ1v) is 12.7. The molecular weight excluding hydrogens is 491 g/mol. The first-order valence-electron chi connectivity index (χ1n) is 10.1. The summed E-state index contributed by atoms with van der Waals surface area (Å²) in [5, 5.41) is 19.4. The Hall–Kier alpha value is -3.81. The number of hydrogen-bond donors (Lipinski definition) is 0. The molecule has 6 aromatic heterocycles. The van der Waals surface area contributed by atoms with Gasteiger partial charge in [-0.3, -0.25) is 0 Å². The second-order valence-electron chi connectivity index (χ2n) is 6.85. The van der Waals surface area contributed by atoms with Crippen LogP contribution in [0.25, 0.3) is 31.7 Å². The van der Waals surface area contributed by atoms with Gasteiger partial charge in [-0.05, 0) is 52.5 Å². The molecular formula is C21H15BN6O3S3-. The minimum atomic E-state index is -1.23. The monoisotopic (exact) mass is 506 g/mol. The van der Waals surface area contributed by atoms with Gasteiger partial charge in [-0.15, -0.1) is 49.3 Å². The van der Waals surface area contributed by atoms with E-state index in [1.165, 1.54) is 14.5 Å². The SMILES string of the molecule is c1csc(-c2ccn(O[B-](On3ccc(-c4cccs4)n3)On3ccc(-c4cccs4)n3)n2)c1. The van der Waals surface area contributed by atoms with E-state index in [9.17, 15) is 0 Å². The summed E-state index contributed by atoms with van der Waals surface area (Å²) in [6, 6.07) is 17.5. The minimum absolute atomic E-state index is 0.784. The van der Waals surface area contributed by atoms with Crippen molar-refractivity contribution < 1.29 is 14.3 Å². The van der Waals surface area contributed by atoms with Crippen molar-refractivity contribution in [3.8, 4) is 31.7 Å². The Labute approximate surface area is 206 Å². The lowest BCUT2D eigenvalue weighted by Crippen LogP contribution is -2.49. The molecule has 6 aromatic rings. The average molecular weight is 506 g/mol. The predicted octanol–water partition coefficient (Wildman–Crippen LogP) is 4.13. The number of hydrogen-bond acceptors (Lipinski definition) is 9. The van der Waals surface area contributed by atoms with Crippen LogP contribution in [0.2, 0.25) is 0 Å². The van der Waals surface area contributed by atoms with E-state index in [-0.39, 0.29) is 0 Å². The fraction of sp³-hybridized carbons (Fsp3) is 0. The maximum Gasteiger partial charge on any atom is 0.585 e. The molecule has 6 rings (SSSR count). The van der Waals surface area contributed by atoms with Crippen molar-refractivity contribution in [3.63, 3.8) is 0 Å². The molecule has 13 heteroatoms. The highest BCUT2D eigenvalue weighted by atomic mass is 32.1. The third kappa shape index (κ3) is 4.48. The molecule has 169 valence electrons. The zero-order valence-corrected chi connectivity index (χ0v) is 19.8. The second kappa shape index (κ2) is 9.21. The molecule has 0 aliphatic carbocycles. The molecule has 0 unspecified atom stereocenters. The van der Waals surface area contributed by atoms with Crippen LogP contribution in [0.3, 0.4) is 0 Å². The van der Waals surface area contributed by atoms with Crippen molar-refractivity contribution >= 4 is 41.3 Å². The van der Waals surface area contributed by atoms with E-state index in [4.69, 9.17) is 14.3 Å². The normalized spacial score (nSPS) is 11.2. The molecule has 0 aliphatic heterocycles. The van der Waals surface area contributed by atoms with Crippen molar-refractivity contribution in [3.05, 3.63) is 89.3 Å². The molecule has 0 saturated heterocycles. The van der Waals surface area contributed by atoms with Crippen LogP contribution in [0.1, 0.15) is 0 Å². The number of rotatable bonds is 9. The third-order valence-electron chi connectivity index (χ3n) is 4.60. The van der Waals surface area contributed by atoms with Crippen LogP contribution in [-0.4, -0.2) is 37.2 Å². The van der Waals surface area contributed by atoms with Crippen LogP contribution in [0.5, 0.6) is 0 Å². The van der Waals surface area contributed by atoms with E-state index < -0.39 is 7.32 Å². The standard InChI is InChI=1S/C21H15BN6O3S3/c1-4-19(32-13-1)16-7-10-26(23-16)29-22(30-27-11-8-17(24-27)20-5-2-14-33-20)31-28-12-9-18(25-28)21-6-3-15-34-21/h1-15H/q-1. The van der Waals surface area contributed by atoms with E-state index in [2.05, 4.69) is 15.3 Å². The Kier molecular flexibility index (Phi) is 5.63. The van der Waals surface area contributed by atoms with Gasteiger partial charge in [0, 0.05) is 0 Å². The summed E-state index contributed by atoms with van der Waals surface area (Å²) < 4.78 is 17.6. The topological polar surface area (TPSA) is 81.1 Å². The molecule has 0 bridgehead atoms. The summed E-state index contributed by atoms with van der Waals surface area (Å²) in [5.74, 6) is 0. The van der Waals surface area contributed by atoms with Crippen LogP contribution < -0.4 is 14.3 Å². The van der Waals surface area contributed by atoms with Gasteiger partial charge in [0.15, 0.2) is 0 Å². The first kappa shape index (κ1) is 20.8. The molecule has 0 aliphatic rings. The van der Waals surface area contributed by atoms with Gasteiger partial charge < -0.3 is 14.3 Å². The largest absolute Gasteiger partial charge is 0.585 e. The molecule has 0 spiro atoms. The summed E-state index contributed by atoms with van der Waals surface area (Å²) in [6.45, 7) is 0. The van der Waals surface area contributed by atoms with Gasteiger partial charge in [0.2, 0.25) is 0 Å². The van der Waals surface area contributed by atoms with Crippen LogP contribution >= 0.6 is 34.0 Å². The lowest BCUT2D eigenvalue weighted by atomic mass is 10.3. The molecule has 0 amide bonds. The van der Waals surface area contributed by atoms with Crippen molar-refractivity contribution in [1.82, 2.24) is 29.8 Å². The Morgan fingerprint density at radius 3 is 1.18 bits per heavy atom. The minimum Gasteiger partial charge on any atom is -0.560 e. The average Bonchev–Trinajstić information content (AvgIpc) is 3.65. The van der Waals surface area contributed by atoms with Gasteiger partial charge in [0.05, 0.1) is 33.2 Å². The van der Waals surface area contributed by atoms with Crippen LogP contribution in [0.15, 0.2) is 89.3 Å². The molecule has 0 aromatic carbocycles. The summed E-state index contributed by atoms with van der Waals surface area (Å²) in [5.41, 5.74) is 2.35. The van der Waals surface area contributed by atoms with Gasteiger partial charge in [-0.25, -0.2) is 0 Å². The van der Waals surface area contributed by atoms with Gasteiger partial charge >= 0.3 is 7.32 Å². The quantitative estimate of drug-likeness (QED) is 0.275. The summed E-state index contributed by atoms with van der Waals surface area (Å²) in [6.07, 6.45) is 5.07. The highest BCUT2D eigenvalue weighted by molar-refractivity contribution is 7.14. The first-order chi connectivity index (χ1) is 16.8. The molecule has 1 radical (unpaired) electrons. The summed E-state index contributed by atoms with van der Waals surface area (Å²) >= 11 is 4.79. The number of nitrogens with zero attached hydrogens (tertiary/aromatic N) is 6. The van der Waals surface area contributed by atoms with Gasteiger partial charge in [0.1, 0.15) is 17.1 Å². The summed E-state index contributed by atoms with van der Waals surface area (Å²) in [7, 11) is -1.23. The zero-order chi connectivity index (χ0) is 22.7. The van der Waals surface area contributed by atoms with Crippen LogP contribution in [0, 0.1) is 0 Å². The van der Waals surface area contributed by atoms with Crippen molar-refractivity contribution in [2.24, 2.45) is 0 Å². The third-order valence-corrected chi connectivity index (χ3v) is 7.28. The molecule has 9 nitrogen and oxygen atoms in total. The number of aromatic nitrogens is 6. The molecule has 0 N–H and O–H groups in total. The lowest BCUT2D eigenvalue weighted by molar-refractivity contribution is 0.0407. The maximum absolute atomic E-state index is 5.85. The van der Waals surface area contributed by atoms with Crippen molar-refractivity contribution in [2.75, 3.05) is 0 Å². The van der Waals surface area contributed by atoms with Gasteiger partial charge in [-0.2, -0.15) is 14.5 Å². The van der Waals surface area contributed by atoms with Crippen LogP contribution in [-0.2, 0) is 0 Å². The van der Waals surface area contributed by atoms with Gasteiger partial charge in [-0.1, -0.05) is 18.2 Å². The highest BCUT2D eigenvalue weighted by Gasteiger charge is 2.16. The van der Waals surface area contributed by atoms with E-state index in [0.29, 0.717) is 0 Å². The van der Waals surface area contributed by atoms with Gasteiger partial charge in [0.25, 0.3) is 0 Å². The van der Waals surface area contributed by atoms with Crippen molar-refractivity contribution in [2.45, 2.75) is 0 Å². The fourth-order valence-electron chi connectivity index (χ4n) is 3.09. The Bertz CT molecular complexity index is 1280. The molecule has 0 fully saturated rings. The highest BCUT2D eigenvalue weighted by Crippen LogP contribution is 2.24.